The van der Waals surface area contributed by atoms with Crippen LogP contribution in [0.3, 0.4) is 0 Å². The van der Waals surface area contributed by atoms with Crippen molar-refractivity contribution in [2.75, 3.05) is 0 Å². The molecule has 0 heterocycles. The van der Waals surface area contributed by atoms with E-state index >= 15 is 0 Å². The van der Waals surface area contributed by atoms with Crippen LogP contribution < -0.4 is 0 Å². The molecule has 0 saturated heterocycles. The van der Waals surface area contributed by atoms with Gasteiger partial charge in [0.1, 0.15) is 0 Å². The molecular weight excluding hydrogens is 152 g/mol. The van der Waals surface area contributed by atoms with Gasteiger partial charge in [-0.25, -0.2) is 0 Å². The van der Waals surface area contributed by atoms with Crippen LogP contribution >= 0.6 is 0 Å². The van der Waals surface area contributed by atoms with E-state index in [1.54, 1.807) is 0 Å². The summed E-state index contributed by atoms with van der Waals surface area (Å²) in [4.78, 5) is 0. The number of aliphatic hydroxyl groups excluding tert-OH is 2. The average molecular weight is 174 g/mol. The Morgan fingerprint density at radius 1 is 1.17 bits per heavy atom. The normalized spacial score (nSPS) is 18.8. The van der Waals surface area contributed by atoms with Gasteiger partial charge < -0.3 is 10.2 Å². The van der Waals surface area contributed by atoms with Crippen LogP contribution in [0.5, 0.6) is 0 Å². The fourth-order valence-electron chi connectivity index (χ4n) is 1.44. The first-order valence-electron chi connectivity index (χ1n) is 4.97. The van der Waals surface area contributed by atoms with Crippen molar-refractivity contribution in [2.24, 2.45) is 5.92 Å². The van der Waals surface area contributed by atoms with Crippen molar-refractivity contribution in [3.8, 4) is 0 Å². The van der Waals surface area contributed by atoms with Crippen LogP contribution in [-0.4, -0.2) is 22.4 Å². The summed E-state index contributed by atoms with van der Waals surface area (Å²) in [5.41, 5.74) is 0. The van der Waals surface area contributed by atoms with E-state index in [9.17, 15) is 10.2 Å². The van der Waals surface area contributed by atoms with Crippen LogP contribution in [0, 0.1) is 5.92 Å². The predicted octanol–water partition coefficient (Wildman–Crippen LogP) is 1.94. The highest BCUT2D eigenvalue weighted by Crippen LogP contribution is 2.15. The topological polar surface area (TPSA) is 40.5 Å². The van der Waals surface area contributed by atoms with Crippen molar-refractivity contribution < 1.29 is 10.2 Å². The highest BCUT2D eigenvalue weighted by atomic mass is 16.3. The summed E-state index contributed by atoms with van der Waals surface area (Å²) >= 11 is 0. The molecule has 2 nitrogen and oxygen atoms in total. The first-order chi connectivity index (χ1) is 5.61. The lowest BCUT2D eigenvalue weighted by molar-refractivity contribution is 0.0636. The summed E-state index contributed by atoms with van der Waals surface area (Å²) in [7, 11) is 0. The molecule has 12 heavy (non-hydrogen) atoms. The molecule has 0 aromatic heterocycles. The molecule has 0 fully saturated rings. The fourth-order valence-corrected chi connectivity index (χ4v) is 1.44. The van der Waals surface area contributed by atoms with E-state index in [1.807, 2.05) is 13.8 Å². The van der Waals surface area contributed by atoms with E-state index in [2.05, 4.69) is 6.92 Å². The Labute approximate surface area is 75.6 Å². The minimum Gasteiger partial charge on any atom is -0.393 e. The predicted molar refractivity (Wildman–Crippen MR) is 51.0 cm³/mol. The molecule has 0 rings (SSSR count). The molecule has 3 unspecified atom stereocenters. The Morgan fingerprint density at radius 3 is 2.17 bits per heavy atom. The van der Waals surface area contributed by atoms with E-state index in [1.165, 1.54) is 0 Å². The first kappa shape index (κ1) is 11.9. The fraction of sp³-hybridized carbons (Fsp3) is 1.00. The van der Waals surface area contributed by atoms with Crippen molar-refractivity contribution in [1.82, 2.24) is 0 Å². The number of hydrogen-bond acceptors (Lipinski definition) is 2. The Balaban J connectivity index is 3.59. The number of hydrogen-bond donors (Lipinski definition) is 2. The lowest BCUT2D eigenvalue weighted by atomic mass is 9.94. The third-order valence-electron chi connectivity index (χ3n) is 2.34. The van der Waals surface area contributed by atoms with Gasteiger partial charge in [0.2, 0.25) is 0 Å². The van der Waals surface area contributed by atoms with Crippen LogP contribution in [0.25, 0.3) is 0 Å². The Kier molecular flexibility index (Phi) is 6.39. The van der Waals surface area contributed by atoms with Crippen molar-refractivity contribution in [3.05, 3.63) is 0 Å². The number of rotatable bonds is 6. The van der Waals surface area contributed by atoms with Gasteiger partial charge in [0.25, 0.3) is 0 Å². The third-order valence-corrected chi connectivity index (χ3v) is 2.34. The maximum atomic E-state index is 9.45. The van der Waals surface area contributed by atoms with E-state index in [0.29, 0.717) is 0 Å². The molecule has 0 aromatic rings. The third kappa shape index (κ3) is 4.73. The first-order valence-corrected chi connectivity index (χ1v) is 4.97. The van der Waals surface area contributed by atoms with Crippen LogP contribution in [0.1, 0.15) is 46.5 Å². The maximum absolute atomic E-state index is 9.45. The summed E-state index contributed by atoms with van der Waals surface area (Å²) in [6, 6.07) is 0. The molecule has 0 amide bonds. The van der Waals surface area contributed by atoms with E-state index < -0.39 is 0 Å². The molecule has 0 aliphatic carbocycles. The van der Waals surface area contributed by atoms with Gasteiger partial charge in [0, 0.05) is 0 Å². The molecule has 0 spiro atoms. The molecule has 2 N–H and O–H groups in total. The zero-order valence-corrected chi connectivity index (χ0v) is 8.45. The van der Waals surface area contributed by atoms with Crippen molar-refractivity contribution in [1.29, 1.82) is 0 Å². The van der Waals surface area contributed by atoms with Gasteiger partial charge in [0.15, 0.2) is 0 Å². The molecule has 0 saturated carbocycles. The van der Waals surface area contributed by atoms with Gasteiger partial charge in [0.05, 0.1) is 12.2 Å². The molecule has 3 atom stereocenters. The molecule has 0 bridgehead atoms. The summed E-state index contributed by atoms with van der Waals surface area (Å²) in [6.45, 7) is 6.02. The Bertz CT molecular complexity index is 104. The second kappa shape index (κ2) is 6.44. The van der Waals surface area contributed by atoms with Gasteiger partial charge in [-0.15, -0.1) is 0 Å². The quantitative estimate of drug-likeness (QED) is 0.646. The van der Waals surface area contributed by atoms with Crippen LogP contribution in [0.15, 0.2) is 0 Å². The van der Waals surface area contributed by atoms with Crippen molar-refractivity contribution >= 4 is 0 Å². The lowest BCUT2D eigenvalue weighted by Gasteiger charge is -2.20. The molecule has 0 radical (unpaired) electrons. The second-order valence-corrected chi connectivity index (χ2v) is 3.63. The molecule has 0 aliphatic rings. The molecule has 2 heteroatoms. The number of aliphatic hydroxyl groups is 2. The van der Waals surface area contributed by atoms with Gasteiger partial charge in [-0.05, 0) is 25.2 Å². The summed E-state index contributed by atoms with van der Waals surface area (Å²) in [5.74, 6) is 0.219. The van der Waals surface area contributed by atoms with Crippen molar-refractivity contribution in [3.63, 3.8) is 0 Å². The second-order valence-electron chi connectivity index (χ2n) is 3.63. The zero-order chi connectivity index (χ0) is 9.56. The Morgan fingerprint density at radius 2 is 1.75 bits per heavy atom. The summed E-state index contributed by atoms with van der Waals surface area (Å²) in [5, 5.41) is 18.9. The molecule has 74 valence electrons. The van der Waals surface area contributed by atoms with Gasteiger partial charge in [-0.1, -0.05) is 27.2 Å². The molecular formula is C10H22O2. The Hall–Kier alpha value is -0.0800. The minimum atomic E-state index is -0.253. The van der Waals surface area contributed by atoms with Crippen LogP contribution in [0.2, 0.25) is 0 Å². The monoisotopic (exact) mass is 174 g/mol. The van der Waals surface area contributed by atoms with E-state index in [4.69, 9.17) is 0 Å². The smallest absolute Gasteiger partial charge is 0.0564 e. The summed E-state index contributed by atoms with van der Waals surface area (Å²) < 4.78 is 0. The van der Waals surface area contributed by atoms with Gasteiger partial charge in [-0.2, -0.15) is 0 Å². The van der Waals surface area contributed by atoms with E-state index in [-0.39, 0.29) is 18.1 Å². The van der Waals surface area contributed by atoms with Crippen LogP contribution in [-0.2, 0) is 0 Å². The van der Waals surface area contributed by atoms with Gasteiger partial charge >= 0.3 is 0 Å². The highest BCUT2D eigenvalue weighted by Gasteiger charge is 2.15. The maximum Gasteiger partial charge on any atom is 0.0564 e. The highest BCUT2D eigenvalue weighted by molar-refractivity contribution is 4.67. The van der Waals surface area contributed by atoms with Gasteiger partial charge in [-0.3, -0.25) is 0 Å². The summed E-state index contributed by atoms with van der Waals surface area (Å²) in [6.07, 6.45) is 2.88. The standard InChI is InChI=1S/C10H22O2/c1-4-6-9(11)7-8(3)10(12)5-2/h8-12H,4-7H2,1-3H3. The average Bonchev–Trinajstić information content (AvgIpc) is 2.03. The zero-order valence-electron chi connectivity index (χ0n) is 8.45. The van der Waals surface area contributed by atoms with Crippen molar-refractivity contribution in [2.45, 2.75) is 58.7 Å². The SMILES string of the molecule is CCCC(O)CC(C)C(O)CC. The lowest BCUT2D eigenvalue weighted by Crippen LogP contribution is -2.21. The molecule has 0 aromatic carbocycles. The van der Waals surface area contributed by atoms with Crippen LogP contribution in [0.4, 0.5) is 0 Å². The van der Waals surface area contributed by atoms with E-state index in [0.717, 1.165) is 25.7 Å². The largest absolute Gasteiger partial charge is 0.393 e. The minimum absolute atomic E-state index is 0.219. The molecule has 0 aliphatic heterocycles.